The molecule has 4 atom stereocenters. The highest BCUT2D eigenvalue weighted by Crippen LogP contribution is 2.51. The van der Waals surface area contributed by atoms with Crippen LogP contribution < -0.4 is 0 Å². The molecule has 2 bridgehead atoms. The van der Waals surface area contributed by atoms with Crippen LogP contribution in [0.15, 0.2) is 0 Å². The topological polar surface area (TPSA) is 83.8 Å². The van der Waals surface area contributed by atoms with Gasteiger partial charge in [0.25, 0.3) is 0 Å². The van der Waals surface area contributed by atoms with Crippen molar-refractivity contribution >= 4 is 11.9 Å². The van der Waals surface area contributed by atoms with Gasteiger partial charge in [0.05, 0.1) is 17.6 Å². The highest BCUT2D eigenvalue weighted by atomic mass is 16.5. The van der Waals surface area contributed by atoms with Gasteiger partial charge in [-0.05, 0) is 19.8 Å². The Bertz CT molecular complexity index is 300. The van der Waals surface area contributed by atoms with Gasteiger partial charge in [-0.25, -0.2) is 0 Å². The predicted molar refractivity (Wildman–Crippen MR) is 44.8 cm³/mol. The van der Waals surface area contributed by atoms with Crippen LogP contribution >= 0.6 is 0 Å². The zero-order valence-electron chi connectivity index (χ0n) is 7.77. The molecular formula is C9H12O5. The molecule has 2 aliphatic heterocycles. The molecule has 0 spiro atoms. The highest BCUT2D eigenvalue weighted by molar-refractivity contribution is 5.82. The minimum absolute atomic E-state index is 0.418. The number of rotatable bonds is 2. The summed E-state index contributed by atoms with van der Waals surface area (Å²) < 4.78 is 5.45. The van der Waals surface area contributed by atoms with E-state index in [0.717, 1.165) is 0 Å². The molecule has 0 unspecified atom stereocenters. The fraction of sp³-hybridized carbons (Fsp3) is 0.778. The van der Waals surface area contributed by atoms with E-state index in [4.69, 9.17) is 14.9 Å². The lowest BCUT2D eigenvalue weighted by Gasteiger charge is -2.28. The Morgan fingerprint density at radius 1 is 1.36 bits per heavy atom. The van der Waals surface area contributed by atoms with Gasteiger partial charge < -0.3 is 14.9 Å². The van der Waals surface area contributed by atoms with Crippen molar-refractivity contribution in [1.82, 2.24) is 0 Å². The van der Waals surface area contributed by atoms with Gasteiger partial charge in [-0.1, -0.05) is 0 Å². The minimum Gasteiger partial charge on any atom is -0.481 e. The molecule has 0 saturated carbocycles. The minimum atomic E-state index is -1.07. The zero-order valence-corrected chi connectivity index (χ0v) is 7.77. The smallest absolute Gasteiger partial charge is 0.310 e. The summed E-state index contributed by atoms with van der Waals surface area (Å²) in [5.74, 6) is -3.92. The maximum Gasteiger partial charge on any atom is 0.310 e. The second-order valence-electron chi connectivity index (χ2n) is 4.19. The Balaban J connectivity index is 2.35. The normalized spacial score (nSPS) is 45.4. The molecule has 2 aliphatic rings. The molecule has 0 amide bonds. The summed E-state index contributed by atoms with van der Waals surface area (Å²) in [5, 5.41) is 17.9. The van der Waals surface area contributed by atoms with Gasteiger partial charge >= 0.3 is 11.9 Å². The third-order valence-corrected chi connectivity index (χ3v) is 3.31. The molecule has 2 heterocycles. The van der Waals surface area contributed by atoms with E-state index >= 15 is 0 Å². The number of carboxylic acid groups (broad SMARTS) is 2. The van der Waals surface area contributed by atoms with Crippen LogP contribution in [-0.4, -0.2) is 33.9 Å². The first-order chi connectivity index (χ1) is 6.46. The Labute approximate surface area is 80.7 Å². The van der Waals surface area contributed by atoms with Crippen LogP contribution in [0.4, 0.5) is 0 Å². The van der Waals surface area contributed by atoms with Crippen molar-refractivity contribution in [2.45, 2.75) is 31.5 Å². The number of fused-ring (bicyclic) bond motifs is 2. The fourth-order valence-electron chi connectivity index (χ4n) is 2.69. The molecule has 2 rings (SSSR count). The summed E-state index contributed by atoms with van der Waals surface area (Å²) in [7, 11) is 0. The van der Waals surface area contributed by atoms with Gasteiger partial charge in [0.1, 0.15) is 5.92 Å². The van der Waals surface area contributed by atoms with Crippen LogP contribution in [0.3, 0.4) is 0 Å². The lowest BCUT2D eigenvalue weighted by molar-refractivity contribution is -0.155. The Morgan fingerprint density at radius 2 is 2.00 bits per heavy atom. The molecule has 0 aromatic carbocycles. The van der Waals surface area contributed by atoms with Crippen LogP contribution in [0.5, 0.6) is 0 Å². The van der Waals surface area contributed by atoms with E-state index in [1.54, 1.807) is 6.92 Å². The molecule has 0 aromatic rings. The summed E-state index contributed by atoms with van der Waals surface area (Å²) >= 11 is 0. The second-order valence-corrected chi connectivity index (χ2v) is 4.19. The second kappa shape index (κ2) is 2.70. The molecule has 2 saturated heterocycles. The zero-order chi connectivity index (χ0) is 10.5. The van der Waals surface area contributed by atoms with E-state index in [1.165, 1.54) is 0 Å². The molecule has 0 radical (unpaired) electrons. The summed E-state index contributed by atoms with van der Waals surface area (Å²) in [4.78, 5) is 21.9. The van der Waals surface area contributed by atoms with Gasteiger partial charge in [0, 0.05) is 0 Å². The van der Waals surface area contributed by atoms with E-state index in [-0.39, 0.29) is 0 Å². The van der Waals surface area contributed by atoms with Crippen molar-refractivity contribution in [3.05, 3.63) is 0 Å². The first kappa shape index (κ1) is 9.45. The van der Waals surface area contributed by atoms with Crippen LogP contribution in [0.25, 0.3) is 0 Å². The number of aliphatic carboxylic acids is 2. The van der Waals surface area contributed by atoms with Gasteiger partial charge in [-0.2, -0.15) is 0 Å². The molecular weight excluding hydrogens is 188 g/mol. The summed E-state index contributed by atoms with van der Waals surface area (Å²) in [6.07, 6.45) is 0.869. The van der Waals surface area contributed by atoms with Crippen molar-refractivity contribution in [3.63, 3.8) is 0 Å². The summed E-state index contributed by atoms with van der Waals surface area (Å²) in [6, 6.07) is 0. The van der Waals surface area contributed by atoms with Crippen LogP contribution in [0, 0.1) is 11.8 Å². The lowest BCUT2D eigenvalue weighted by Crippen LogP contribution is -2.43. The van der Waals surface area contributed by atoms with Gasteiger partial charge in [-0.15, -0.1) is 0 Å². The van der Waals surface area contributed by atoms with Crippen LogP contribution in [-0.2, 0) is 14.3 Å². The first-order valence-corrected chi connectivity index (χ1v) is 4.59. The maximum atomic E-state index is 11.0. The Morgan fingerprint density at radius 3 is 2.43 bits per heavy atom. The molecule has 14 heavy (non-hydrogen) atoms. The molecule has 0 aliphatic carbocycles. The Hall–Kier alpha value is -1.10. The van der Waals surface area contributed by atoms with Gasteiger partial charge in [0.15, 0.2) is 0 Å². The first-order valence-electron chi connectivity index (χ1n) is 4.59. The fourth-order valence-corrected chi connectivity index (χ4v) is 2.69. The van der Waals surface area contributed by atoms with Gasteiger partial charge in [-0.3, -0.25) is 9.59 Å². The summed E-state index contributed by atoms with van der Waals surface area (Å²) in [6.45, 7) is 1.69. The third kappa shape index (κ3) is 1.05. The van der Waals surface area contributed by atoms with Crippen molar-refractivity contribution in [3.8, 4) is 0 Å². The van der Waals surface area contributed by atoms with Crippen LogP contribution in [0.2, 0.25) is 0 Å². The molecule has 0 aromatic heterocycles. The predicted octanol–water partition coefficient (Wildman–Crippen LogP) is 0.339. The maximum absolute atomic E-state index is 11.0. The van der Waals surface area contributed by atoms with Crippen molar-refractivity contribution in [1.29, 1.82) is 0 Å². The van der Waals surface area contributed by atoms with Crippen LogP contribution in [0.1, 0.15) is 19.8 Å². The number of hydrogen-bond acceptors (Lipinski definition) is 3. The molecule has 2 fully saturated rings. The monoisotopic (exact) mass is 200 g/mol. The number of ether oxygens (including phenoxy) is 1. The molecule has 5 nitrogen and oxygen atoms in total. The third-order valence-electron chi connectivity index (χ3n) is 3.31. The highest BCUT2D eigenvalue weighted by Gasteiger charge is 2.62. The van der Waals surface area contributed by atoms with Crippen molar-refractivity contribution < 1.29 is 24.5 Å². The SMILES string of the molecule is C[C@@]12CC[C@H](O1)[C@@H](C(=O)O)[C@@H]2C(=O)O. The van der Waals surface area contributed by atoms with Crippen molar-refractivity contribution in [2.75, 3.05) is 0 Å². The standard InChI is InChI=1S/C9H12O5/c1-9-3-2-4(14-9)5(7(10)11)6(9)8(12)13/h4-6H,2-3H2,1H3,(H,10,11)(H,12,13)/t4-,5+,6+,9-/m0/s1. The van der Waals surface area contributed by atoms with Gasteiger partial charge in [0.2, 0.25) is 0 Å². The average molecular weight is 200 g/mol. The lowest BCUT2D eigenvalue weighted by atomic mass is 9.72. The van der Waals surface area contributed by atoms with E-state index in [1.807, 2.05) is 0 Å². The van der Waals surface area contributed by atoms with E-state index < -0.39 is 35.5 Å². The van der Waals surface area contributed by atoms with E-state index in [0.29, 0.717) is 12.8 Å². The largest absolute Gasteiger partial charge is 0.481 e. The van der Waals surface area contributed by atoms with E-state index in [9.17, 15) is 9.59 Å². The quantitative estimate of drug-likeness (QED) is 0.671. The molecule has 5 heteroatoms. The number of carboxylic acids is 2. The molecule has 78 valence electrons. The summed E-state index contributed by atoms with van der Waals surface area (Å²) in [5.41, 5.74) is -0.778. The van der Waals surface area contributed by atoms with E-state index in [2.05, 4.69) is 0 Å². The Kier molecular flexibility index (Phi) is 1.82. The number of carbonyl (C=O) groups is 2. The molecule has 2 N–H and O–H groups in total. The average Bonchev–Trinajstić information content (AvgIpc) is 2.55. The number of hydrogen-bond donors (Lipinski definition) is 2. The van der Waals surface area contributed by atoms with Crippen molar-refractivity contribution in [2.24, 2.45) is 11.8 Å².